The van der Waals surface area contributed by atoms with Gasteiger partial charge in [0, 0.05) is 12.1 Å². The van der Waals surface area contributed by atoms with Gasteiger partial charge in [-0.05, 0) is 62.4 Å². The van der Waals surface area contributed by atoms with E-state index in [1.807, 2.05) is 6.92 Å². The van der Waals surface area contributed by atoms with Crippen molar-refractivity contribution >= 4 is 0 Å². The normalized spacial score (nSPS) is 14.9. The van der Waals surface area contributed by atoms with Crippen LogP contribution in [0.3, 0.4) is 0 Å². The van der Waals surface area contributed by atoms with Crippen LogP contribution in [-0.4, -0.2) is 17.2 Å². The largest absolute Gasteiger partial charge is 0.387 e. The summed E-state index contributed by atoms with van der Waals surface area (Å²) in [6.45, 7) is 14.7. The minimum absolute atomic E-state index is 0.0589. The van der Waals surface area contributed by atoms with Gasteiger partial charge in [0.25, 0.3) is 0 Å². The highest BCUT2D eigenvalue weighted by Gasteiger charge is 2.22. The number of rotatable bonds is 4. The first kappa shape index (κ1) is 15.2. The fraction of sp³-hybridized carbons (Fsp3) is 0.625. The van der Waals surface area contributed by atoms with E-state index in [2.05, 4.69) is 52.9 Å². The smallest absolute Gasteiger partial charge is 0.0945 e. The number of nitrogens with one attached hydrogen (secondary N) is 1. The third kappa shape index (κ3) is 3.12. The van der Waals surface area contributed by atoms with Gasteiger partial charge in [-0.2, -0.15) is 0 Å². The molecule has 18 heavy (non-hydrogen) atoms. The Balaban J connectivity index is 3.16. The number of hydrogen-bond acceptors (Lipinski definition) is 2. The topological polar surface area (TPSA) is 32.3 Å². The SMILES string of the molecule is Cc1cc(C)c(C)c(C(O)C(C)NC(C)C)c1C. The number of benzene rings is 1. The summed E-state index contributed by atoms with van der Waals surface area (Å²) in [6.07, 6.45) is -0.453. The summed E-state index contributed by atoms with van der Waals surface area (Å²) < 4.78 is 0. The molecular formula is C16H27NO. The molecule has 0 aliphatic heterocycles. The lowest BCUT2D eigenvalue weighted by Crippen LogP contribution is -2.37. The molecular weight excluding hydrogens is 222 g/mol. The zero-order valence-electron chi connectivity index (χ0n) is 12.8. The third-order valence-electron chi connectivity index (χ3n) is 3.79. The molecule has 0 amide bonds. The van der Waals surface area contributed by atoms with Crippen LogP contribution in [0, 0.1) is 27.7 Å². The molecule has 0 bridgehead atoms. The maximum atomic E-state index is 10.6. The van der Waals surface area contributed by atoms with E-state index in [4.69, 9.17) is 0 Å². The van der Waals surface area contributed by atoms with Crippen molar-refractivity contribution in [1.29, 1.82) is 0 Å². The second-order valence-electron chi connectivity index (χ2n) is 5.73. The molecule has 2 atom stereocenters. The van der Waals surface area contributed by atoms with E-state index in [0.717, 1.165) is 5.56 Å². The van der Waals surface area contributed by atoms with E-state index in [9.17, 15) is 5.11 Å². The lowest BCUT2D eigenvalue weighted by atomic mass is 9.88. The number of aliphatic hydroxyl groups is 1. The average Bonchev–Trinajstić information content (AvgIpc) is 2.25. The predicted molar refractivity (Wildman–Crippen MR) is 78.1 cm³/mol. The van der Waals surface area contributed by atoms with Gasteiger partial charge in [0.1, 0.15) is 0 Å². The van der Waals surface area contributed by atoms with Crippen LogP contribution in [0.4, 0.5) is 0 Å². The molecule has 102 valence electrons. The molecule has 0 aromatic heterocycles. The molecule has 0 fully saturated rings. The highest BCUT2D eigenvalue weighted by molar-refractivity contribution is 5.45. The van der Waals surface area contributed by atoms with Crippen LogP contribution in [0.25, 0.3) is 0 Å². The van der Waals surface area contributed by atoms with Crippen LogP contribution < -0.4 is 5.32 Å². The van der Waals surface area contributed by atoms with Crippen LogP contribution in [-0.2, 0) is 0 Å². The Morgan fingerprint density at radius 2 is 1.39 bits per heavy atom. The molecule has 0 spiro atoms. The lowest BCUT2D eigenvalue weighted by Gasteiger charge is -2.27. The Labute approximate surface area is 111 Å². The van der Waals surface area contributed by atoms with Crippen LogP contribution >= 0.6 is 0 Å². The van der Waals surface area contributed by atoms with Gasteiger partial charge in [-0.15, -0.1) is 0 Å². The van der Waals surface area contributed by atoms with Crippen LogP contribution in [0.2, 0.25) is 0 Å². The first-order valence-corrected chi connectivity index (χ1v) is 6.77. The summed E-state index contributed by atoms with van der Waals surface area (Å²) >= 11 is 0. The van der Waals surface area contributed by atoms with Gasteiger partial charge in [-0.1, -0.05) is 19.9 Å². The molecule has 1 aromatic carbocycles. The second kappa shape index (κ2) is 5.85. The monoisotopic (exact) mass is 249 g/mol. The van der Waals surface area contributed by atoms with E-state index in [0.29, 0.717) is 6.04 Å². The highest BCUT2D eigenvalue weighted by Crippen LogP contribution is 2.29. The van der Waals surface area contributed by atoms with Crippen LogP contribution in [0.15, 0.2) is 6.07 Å². The second-order valence-corrected chi connectivity index (χ2v) is 5.73. The Bertz CT molecular complexity index is 397. The minimum atomic E-state index is -0.453. The number of aliphatic hydroxyl groups excluding tert-OH is 1. The standard InChI is InChI=1S/C16H27NO/c1-9(2)17-14(7)16(18)15-12(5)10(3)8-11(4)13(15)6/h8-9,14,16-18H,1-7H3. The molecule has 2 N–H and O–H groups in total. The van der Waals surface area contributed by atoms with Crippen molar-refractivity contribution in [3.63, 3.8) is 0 Å². The van der Waals surface area contributed by atoms with E-state index >= 15 is 0 Å². The summed E-state index contributed by atoms with van der Waals surface area (Å²) in [5, 5.41) is 14.0. The third-order valence-corrected chi connectivity index (χ3v) is 3.79. The molecule has 2 heteroatoms. The van der Waals surface area contributed by atoms with Crippen molar-refractivity contribution in [3.05, 3.63) is 33.9 Å². The molecule has 0 aliphatic rings. The fourth-order valence-electron chi connectivity index (χ4n) is 2.56. The Morgan fingerprint density at radius 1 is 0.944 bits per heavy atom. The average molecular weight is 249 g/mol. The van der Waals surface area contributed by atoms with Gasteiger partial charge in [0.05, 0.1) is 6.10 Å². The minimum Gasteiger partial charge on any atom is -0.387 e. The van der Waals surface area contributed by atoms with Crippen molar-refractivity contribution in [1.82, 2.24) is 5.32 Å². The van der Waals surface area contributed by atoms with E-state index in [1.54, 1.807) is 0 Å². The molecule has 0 saturated carbocycles. The molecule has 2 unspecified atom stereocenters. The van der Waals surface area contributed by atoms with Crippen molar-refractivity contribution in [2.45, 2.75) is 66.7 Å². The summed E-state index contributed by atoms with van der Waals surface area (Å²) in [6, 6.07) is 2.63. The van der Waals surface area contributed by atoms with Gasteiger partial charge >= 0.3 is 0 Å². The Kier molecular flexibility index (Phi) is 4.94. The quantitative estimate of drug-likeness (QED) is 0.858. The van der Waals surface area contributed by atoms with Crippen LogP contribution in [0.5, 0.6) is 0 Å². The van der Waals surface area contributed by atoms with Gasteiger partial charge in [0.2, 0.25) is 0 Å². The first-order valence-electron chi connectivity index (χ1n) is 6.77. The molecule has 0 radical (unpaired) electrons. The van der Waals surface area contributed by atoms with Crippen molar-refractivity contribution < 1.29 is 5.11 Å². The maximum Gasteiger partial charge on any atom is 0.0945 e. The van der Waals surface area contributed by atoms with Crippen molar-refractivity contribution in [2.75, 3.05) is 0 Å². The number of aryl methyl sites for hydroxylation is 2. The van der Waals surface area contributed by atoms with Crippen molar-refractivity contribution in [3.8, 4) is 0 Å². The predicted octanol–water partition coefficient (Wildman–Crippen LogP) is 3.34. The van der Waals surface area contributed by atoms with E-state index < -0.39 is 6.10 Å². The van der Waals surface area contributed by atoms with Gasteiger partial charge in [-0.3, -0.25) is 0 Å². The Morgan fingerprint density at radius 3 is 1.78 bits per heavy atom. The zero-order chi connectivity index (χ0) is 14.0. The first-order chi connectivity index (χ1) is 8.25. The molecule has 2 nitrogen and oxygen atoms in total. The molecule has 1 rings (SSSR count). The van der Waals surface area contributed by atoms with Gasteiger partial charge in [0.15, 0.2) is 0 Å². The summed E-state index contributed by atoms with van der Waals surface area (Å²) in [5.74, 6) is 0. The lowest BCUT2D eigenvalue weighted by molar-refractivity contribution is 0.130. The van der Waals surface area contributed by atoms with Crippen LogP contribution in [0.1, 0.15) is 54.7 Å². The van der Waals surface area contributed by atoms with Gasteiger partial charge in [-0.25, -0.2) is 0 Å². The molecule has 1 aromatic rings. The van der Waals surface area contributed by atoms with E-state index in [-0.39, 0.29) is 6.04 Å². The summed E-state index contributed by atoms with van der Waals surface area (Å²) in [7, 11) is 0. The maximum absolute atomic E-state index is 10.6. The molecule has 0 heterocycles. The van der Waals surface area contributed by atoms with Crippen molar-refractivity contribution in [2.24, 2.45) is 0 Å². The molecule has 0 saturated heterocycles. The molecule has 0 aliphatic carbocycles. The highest BCUT2D eigenvalue weighted by atomic mass is 16.3. The van der Waals surface area contributed by atoms with Gasteiger partial charge < -0.3 is 10.4 Å². The summed E-state index contributed by atoms with van der Waals surface area (Å²) in [4.78, 5) is 0. The summed E-state index contributed by atoms with van der Waals surface area (Å²) in [5.41, 5.74) is 6.02. The van der Waals surface area contributed by atoms with E-state index in [1.165, 1.54) is 22.3 Å². The fourth-order valence-corrected chi connectivity index (χ4v) is 2.56. The Hall–Kier alpha value is -0.860. The number of hydrogen-bond donors (Lipinski definition) is 2. The zero-order valence-corrected chi connectivity index (χ0v) is 12.8.